The molecule has 5 heteroatoms. The first kappa shape index (κ1) is 33.7. The number of benzene rings is 6. The number of rotatable bonds is 6. The molecule has 0 unspecified atom stereocenters. The van der Waals surface area contributed by atoms with E-state index in [9.17, 15) is 5.11 Å². The topological polar surface area (TPSA) is 50.9 Å². The first-order valence-corrected chi connectivity index (χ1v) is 19.1. The Balaban J connectivity index is 0.00000484. The van der Waals surface area contributed by atoms with Gasteiger partial charge in [0, 0.05) is 42.6 Å². The largest absolute Gasteiger partial charge is 0.507 e. The molecule has 280 valence electrons. The Bertz CT molecular complexity index is 2820. The van der Waals surface area contributed by atoms with Crippen LogP contribution in [0.1, 0.15) is 60.0 Å². The summed E-state index contributed by atoms with van der Waals surface area (Å²) in [5.41, 5.74) is 14.6. The number of fused-ring (bicyclic) bond motifs is 2. The monoisotopic (exact) mass is 912 g/mol. The average Bonchev–Trinajstić information content (AvgIpc) is 3.62. The second-order valence-electron chi connectivity index (χ2n) is 15.6. The van der Waals surface area contributed by atoms with Crippen molar-refractivity contribution in [2.75, 3.05) is 0 Å². The van der Waals surface area contributed by atoms with Crippen LogP contribution >= 0.6 is 0 Å². The number of pyridine rings is 1. The van der Waals surface area contributed by atoms with Crippen molar-refractivity contribution in [2.24, 2.45) is 0 Å². The van der Waals surface area contributed by atoms with Gasteiger partial charge in [-0.1, -0.05) is 128 Å². The van der Waals surface area contributed by atoms with E-state index in [0.717, 1.165) is 92.6 Å². The molecule has 1 aliphatic carbocycles. The van der Waals surface area contributed by atoms with Crippen LogP contribution in [0, 0.1) is 12.9 Å². The molecule has 0 saturated heterocycles. The summed E-state index contributed by atoms with van der Waals surface area (Å²) < 4.78 is 25.6. The van der Waals surface area contributed by atoms with Gasteiger partial charge in [-0.2, -0.15) is 0 Å². The van der Waals surface area contributed by atoms with Crippen molar-refractivity contribution in [3.05, 3.63) is 168 Å². The molecular formula is C51H44N3OPt-. The molecule has 0 bridgehead atoms. The van der Waals surface area contributed by atoms with Crippen molar-refractivity contribution >= 4 is 11.0 Å². The number of phenolic OH excluding ortho intramolecular Hbond substituents is 1. The van der Waals surface area contributed by atoms with E-state index in [1.807, 2.05) is 36.4 Å². The van der Waals surface area contributed by atoms with Gasteiger partial charge in [-0.15, -0.1) is 29.3 Å². The number of aromatic nitrogens is 3. The second-order valence-corrected chi connectivity index (χ2v) is 15.6. The molecule has 0 radical (unpaired) electrons. The molecule has 2 heterocycles. The van der Waals surface area contributed by atoms with Crippen molar-refractivity contribution in [3.8, 4) is 67.5 Å². The normalized spacial score (nSPS) is 13.7. The fraction of sp³-hybridized carbons (Fsp3) is 0.176. The third-order valence-electron chi connectivity index (χ3n) is 10.9. The number of hydrogen-bond acceptors (Lipinski definition) is 3. The number of imidazole rings is 1. The number of nitrogens with zero attached hydrogens (tertiary/aromatic N) is 3. The number of para-hydroxylation sites is 2. The summed E-state index contributed by atoms with van der Waals surface area (Å²) in [6.07, 6.45) is 6.01. The van der Waals surface area contributed by atoms with Crippen molar-refractivity contribution < 1.29 is 30.3 Å². The zero-order valence-corrected chi connectivity index (χ0v) is 34.0. The molecule has 0 fully saturated rings. The molecule has 1 aliphatic rings. The molecule has 0 saturated carbocycles. The zero-order chi connectivity index (χ0) is 40.2. The predicted molar refractivity (Wildman–Crippen MR) is 227 cm³/mol. The Labute approximate surface area is 348 Å². The fourth-order valence-electron chi connectivity index (χ4n) is 7.93. The van der Waals surface area contributed by atoms with Crippen LogP contribution in [-0.4, -0.2) is 19.6 Å². The maximum atomic E-state index is 11.7. The molecule has 0 atom stereocenters. The number of aromatic hydroxyl groups is 1. The molecule has 4 nitrogen and oxygen atoms in total. The van der Waals surface area contributed by atoms with Gasteiger partial charge < -0.3 is 5.11 Å². The smallest absolute Gasteiger partial charge is 0.148 e. The maximum absolute atomic E-state index is 11.7. The zero-order valence-electron chi connectivity index (χ0n) is 34.7. The van der Waals surface area contributed by atoms with Crippen LogP contribution in [0.4, 0.5) is 0 Å². The van der Waals surface area contributed by atoms with E-state index in [2.05, 4.69) is 116 Å². The van der Waals surface area contributed by atoms with Gasteiger partial charge in [0.2, 0.25) is 0 Å². The van der Waals surface area contributed by atoms with Crippen molar-refractivity contribution in [1.29, 1.82) is 0 Å². The van der Waals surface area contributed by atoms with Gasteiger partial charge in [0.15, 0.2) is 0 Å². The Hall–Kier alpha value is -5.57. The van der Waals surface area contributed by atoms with E-state index in [4.69, 9.17) is 14.1 Å². The van der Waals surface area contributed by atoms with Crippen LogP contribution in [0.3, 0.4) is 0 Å². The van der Waals surface area contributed by atoms with E-state index in [0.29, 0.717) is 17.0 Å². The molecule has 0 amide bonds. The Kier molecular flexibility index (Phi) is 9.14. The molecule has 0 aliphatic heterocycles. The van der Waals surface area contributed by atoms with Gasteiger partial charge in [0.25, 0.3) is 0 Å². The SMILES string of the molecule is [2H]C([2H])([2H])c1ccc(-c2ccnc(-c3[c-]c(-c4cccc5c4nc(-c4cc6c(cc4O)CCCC6)n5-c4ccccc4-c4ccccc4)cc(C(C)(C)C)c3)c2)cc1.[Pt]. The van der Waals surface area contributed by atoms with Crippen LogP contribution in [-0.2, 0) is 39.3 Å². The van der Waals surface area contributed by atoms with E-state index < -0.39 is 6.85 Å². The fourth-order valence-corrected chi connectivity index (χ4v) is 7.93. The number of hydrogen-bond donors (Lipinski definition) is 1. The van der Waals surface area contributed by atoms with Gasteiger partial charge in [0.05, 0.1) is 22.3 Å². The third kappa shape index (κ3) is 7.04. The summed E-state index contributed by atoms with van der Waals surface area (Å²) in [5, 5.41) is 11.7. The molecule has 2 aromatic heterocycles. The molecule has 1 N–H and O–H groups in total. The summed E-state index contributed by atoms with van der Waals surface area (Å²) in [7, 11) is 0. The first-order chi connectivity index (χ1) is 27.9. The van der Waals surface area contributed by atoms with Crippen molar-refractivity contribution in [1.82, 2.24) is 14.5 Å². The van der Waals surface area contributed by atoms with Crippen LogP contribution in [0.2, 0.25) is 0 Å². The molecule has 9 rings (SSSR count). The summed E-state index contributed by atoms with van der Waals surface area (Å²) in [6, 6.07) is 48.4. The Morgan fingerprint density at radius 1 is 0.679 bits per heavy atom. The second kappa shape index (κ2) is 15.2. The minimum Gasteiger partial charge on any atom is -0.507 e. The van der Waals surface area contributed by atoms with Crippen molar-refractivity contribution in [3.63, 3.8) is 0 Å². The van der Waals surface area contributed by atoms with E-state index >= 15 is 0 Å². The molecule has 8 aromatic rings. The first-order valence-electron chi connectivity index (χ1n) is 20.6. The van der Waals surface area contributed by atoms with E-state index in [1.54, 1.807) is 18.3 Å². The standard InChI is InChI=1S/C51H44N3O.Pt/c1-33-21-23-34(24-22-33)38-25-26-52-45(31-38)40-27-39(28-41(29-40)51(2,3)4)43-18-12-20-47-49(43)53-50(44-30-36-15-8-9-16-37(36)32-48(44)55)54(47)46-19-11-10-17-42(46)35-13-6-5-7-14-35;/h5-7,10-14,17-26,28-32,55H,8-9,15-16H2,1-4H3;/q-1;/i1D3;. The summed E-state index contributed by atoms with van der Waals surface area (Å²) in [4.78, 5) is 10.3. The van der Waals surface area contributed by atoms with Gasteiger partial charge in [-0.3, -0.25) is 9.55 Å². The molecular weight excluding hydrogens is 866 g/mol. The van der Waals surface area contributed by atoms with E-state index in [-0.39, 0.29) is 32.2 Å². The minimum absolute atomic E-state index is 0. The van der Waals surface area contributed by atoms with Crippen LogP contribution < -0.4 is 0 Å². The summed E-state index contributed by atoms with van der Waals surface area (Å²) >= 11 is 0. The van der Waals surface area contributed by atoms with Gasteiger partial charge in [0.1, 0.15) is 11.6 Å². The third-order valence-corrected chi connectivity index (χ3v) is 10.9. The van der Waals surface area contributed by atoms with Gasteiger partial charge in [-0.05, 0) is 96.1 Å². The van der Waals surface area contributed by atoms with Crippen molar-refractivity contribution in [2.45, 2.75) is 58.7 Å². The van der Waals surface area contributed by atoms with E-state index in [1.165, 1.54) is 11.1 Å². The van der Waals surface area contributed by atoms with Crippen LogP contribution in [0.15, 0.2) is 140 Å². The quantitative estimate of drug-likeness (QED) is 0.169. The van der Waals surface area contributed by atoms with Gasteiger partial charge >= 0.3 is 0 Å². The number of phenols is 1. The molecule has 56 heavy (non-hydrogen) atoms. The minimum atomic E-state index is -2.16. The number of aryl methyl sites for hydroxylation is 3. The van der Waals surface area contributed by atoms with Gasteiger partial charge in [-0.25, -0.2) is 4.98 Å². The van der Waals surface area contributed by atoms with Crippen LogP contribution in [0.25, 0.3) is 72.7 Å². The van der Waals surface area contributed by atoms with Crippen LogP contribution in [0.5, 0.6) is 5.75 Å². The average molecular weight is 913 g/mol. The maximum Gasteiger partial charge on any atom is 0.148 e. The summed E-state index contributed by atoms with van der Waals surface area (Å²) in [5.74, 6) is 0.918. The molecule has 0 spiro atoms. The Morgan fingerprint density at radius 2 is 1.39 bits per heavy atom. The summed E-state index contributed by atoms with van der Waals surface area (Å²) in [6.45, 7) is 4.46. The Morgan fingerprint density at radius 3 is 2.16 bits per heavy atom. The predicted octanol–water partition coefficient (Wildman–Crippen LogP) is 12.7. The molecule has 6 aromatic carbocycles.